The second-order valence-corrected chi connectivity index (χ2v) is 3.35. The quantitative estimate of drug-likeness (QED) is 0.755. The molecule has 0 saturated heterocycles. The lowest BCUT2D eigenvalue weighted by Crippen LogP contribution is -2.34. The van der Waals surface area contributed by atoms with Gasteiger partial charge in [0.25, 0.3) is 0 Å². The molecule has 1 aromatic rings. The normalized spacial score (nSPS) is 14.8. The zero-order chi connectivity index (χ0) is 12.6. The number of rotatable bonds is 1. The van der Waals surface area contributed by atoms with Crippen molar-refractivity contribution in [2.24, 2.45) is 0 Å². The molecule has 0 aliphatic carbocycles. The number of carbonyl (C=O) groups excluding carboxylic acids is 2. The lowest BCUT2D eigenvalue weighted by atomic mass is 10.1. The van der Waals surface area contributed by atoms with Gasteiger partial charge < -0.3 is 4.84 Å². The lowest BCUT2D eigenvalue weighted by molar-refractivity contribution is -0.200. The van der Waals surface area contributed by atoms with Crippen molar-refractivity contribution in [3.8, 4) is 0 Å². The Hall–Kier alpha value is -2.05. The Kier molecular flexibility index (Phi) is 2.53. The monoisotopic (exact) mass is 245 g/mol. The number of hydrogen-bond acceptors (Lipinski definition) is 4. The fourth-order valence-corrected chi connectivity index (χ4v) is 1.46. The van der Waals surface area contributed by atoms with Crippen molar-refractivity contribution in [3.63, 3.8) is 0 Å². The Labute approximate surface area is 93.5 Å². The molecule has 4 nitrogen and oxygen atoms in total. The summed E-state index contributed by atoms with van der Waals surface area (Å²) in [6.45, 7) is -0.402. The number of hydroxylamine groups is 1. The highest BCUT2D eigenvalue weighted by Crippen LogP contribution is 2.29. The van der Waals surface area contributed by atoms with E-state index in [1.54, 1.807) is 6.07 Å². The third-order valence-corrected chi connectivity index (χ3v) is 2.18. The van der Waals surface area contributed by atoms with Crippen LogP contribution in [0.2, 0.25) is 0 Å². The molecule has 0 fully saturated rings. The molecule has 1 aromatic carbocycles. The summed E-state index contributed by atoms with van der Waals surface area (Å²) >= 11 is 0. The number of nitrogens with zero attached hydrogens (tertiary/aromatic N) is 1. The molecule has 0 saturated carbocycles. The predicted molar refractivity (Wildman–Crippen MR) is 50.3 cm³/mol. The van der Waals surface area contributed by atoms with Gasteiger partial charge in [-0.2, -0.15) is 18.2 Å². The van der Waals surface area contributed by atoms with Gasteiger partial charge in [0.2, 0.25) is 0 Å². The zero-order valence-electron chi connectivity index (χ0n) is 8.32. The number of para-hydroxylation sites is 1. The van der Waals surface area contributed by atoms with Crippen LogP contribution in [0.15, 0.2) is 24.3 Å². The van der Waals surface area contributed by atoms with Crippen molar-refractivity contribution < 1.29 is 27.6 Å². The van der Waals surface area contributed by atoms with Gasteiger partial charge in [0.05, 0.1) is 5.69 Å². The summed E-state index contributed by atoms with van der Waals surface area (Å²) < 4.78 is 36.0. The second-order valence-electron chi connectivity index (χ2n) is 3.35. The molecule has 0 aromatic heterocycles. The van der Waals surface area contributed by atoms with Gasteiger partial charge >= 0.3 is 12.1 Å². The maximum Gasteiger partial charge on any atom is 0.493 e. The van der Waals surface area contributed by atoms with Crippen molar-refractivity contribution >= 4 is 17.4 Å². The third kappa shape index (κ3) is 2.08. The summed E-state index contributed by atoms with van der Waals surface area (Å²) in [5, 5.41) is 0.646. The van der Waals surface area contributed by atoms with Crippen molar-refractivity contribution in [2.45, 2.75) is 6.18 Å². The average Bonchev–Trinajstić information content (AvgIpc) is 2.56. The fourth-order valence-electron chi connectivity index (χ4n) is 1.46. The first-order valence-electron chi connectivity index (χ1n) is 4.58. The minimum absolute atomic E-state index is 0.162. The minimum atomic E-state index is -5.08. The Morgan fingerprint density at radius 1 is 1.29 bits per heavy atom. The number of anilines is 1. The number of carbonyl (C=O) groups is 2. The van der Waals surface area contributed by atoms with Crippen molar-refractivity contribution in [1.82, 2.24) is 0 Å². The van der Waals surface area contributed by atoms with Gasteiger partial charge in [0.1, 0.15) is 6.54 Å². The molecule has 17 heavy (non-hydrogen) atoms. The van der Waals surface area contributed by atoms with Crippen LogP contribution in [0.5, 0.6) is 0 Å². The number of Topliss-reactive ketones (excluding diaryl/α,β-unsaturated/α-hetero) is 1. The Morgan fingerprint density at radius 2 is 1.94 bits per heavy atom. The summed E-state index contributed by atoms with van der Waals surface area (Å²) in [4.78, 5) is 26.2. The number of alkyl halides is 3. The van der Waals surface area contributed by atoms with Crippen LogP contribution >= 0.6 is 0 Å². The van der Waals surface area contributed by atoms with Crippen molar-refractivity contribution in [1.29, 1.82) is 0 Å². The van der Waals surface area contributed by atoms with Gasteiger partial charge in [-0.3, -0.25) is 4.79 Å². The highest BCUT2D eigenvalue weighted by molar-refractivity contribution is 6.08. The fraction of sp³-hybridized carbons (Fsp3) is 0.200. The largest absolute Gasteiger partial charge is 0.493 e. The van der Waals surface area contributed by atoms with E-state index in [0.29, 0.717) is 5.06 Å². The maximum absolute atomic E-state index is 12.0. The number of fused-ring (bicyclic) bond motifs is 1. The van der Waals surface area contributed by atoms with E-state index in [1.165, 1.54) is 18.2 Å². The van der Waals surface area contributed by atoms with E-state index in [4.69, 9.17) is 0 Å². The van der Waals surface area contributed by atoms with Gasteiger partial charge in [0.15, 0.2) is 5.78 Å². The van der Waals surface area contributed by atoms with E-state index in [9.17, 15) is 22.8 Å². The highest BCUT2D eigenvalue weighted by Gasteiger charge is 2.44. The molecular formula is C10H6F3NO3. The average molecular weight is 245 g/mol. The SMILES string of the molecule is O=C1CN(OC(=O)C(F)(F)F)c2ccccc21. The molecule has 1 aliphatic heterocycles. The summed E-state index contributed by atoms with van der Waals surface area (Å²) in [6.07, 6.45) is -5.08. The van der Waals surface area contributed by atoms with E-state index in [2.05, 4.69) is 4.84 Å². The smallest absolute Gasteiger partial charge is 0.332 e. The van der Waals surface area contributed by atoms with Crippen LogP contribution in [0.3, 0.4) is 0 Å². The van der Waals surface area contributed by atoms with E-state index >= 15 is 0 Å². The Bertz CT molecular complexity index is 484. The molecule has 0 N–H and O–H groups in total. The van der Waals surface area contributed by atoms with Crippen LogP contribution in [0, 0.1) is 0 Å². The molecule has 0 radical (unpaired) electrons. The molecule has 1 heterocycles. The van der Waals surface area contributed by atoms with Crippen LogP contribution in [0.1, 0.15) is 10.4 Å². The van der Waals surface area contributed by atoms with Gasteiger partial charge in [0, 0.05) is 5.56 Å². The van der Waals surface area contributed by atoms with Gasteiger partial charge in [-0.15, -0.1) is 0 Å². The van der Waals surface area contributed by atoms with Crippen LogP contribution in [0.4, 0.5) is 18.9 Å². The Balaban J connectivity index is 2.21. The summed E-state index contributed by atoms with van der Waals surface area (Å²) in [6, 6.07) is 5.97. The first-order valence-corrected chi connectivity index (χ1v) is 4.58. The minimum Gasteiger partial charge on any atom is -0.332 e. The Morgan fingerprint density at radius 3 is 2.59 bits per heavy atom. The van der Waals surface area contributed by atoms with Gasteiger partial charge in [-0.05, 0) is 12.1 Å². The lowest BCUT2D eigenvalue weighted by Gasteiger charge is -2.17. The number of hydrogen-bond donors (Lipinski definition) is 0. The molecular weight excluding hydrogens is 239 g/mol. The van der Waals surface area contributed by atoms with Crippen LogP contribution < -0.4 is 5.06 Å². The molecule has 0 spiro atoms. The third-order valence-electron chi connectivity index (χ3n) is 2.18. The maximum atomic E-state index is 12.0. The van der Waals surface area contributed by atoms with Crippen molar-refractivity contribution in [3.05, 3.63) is 29.8 Å². The molecule has 1 aliphatic rings. The standard InChI is InChI=1S/C10H6F3NO3/c11-10(12,13)9(16)17-14-5-8(15)6-3-1-2-4-7(6)14/h1-4H,5H2. The molecule has 0 atom stereocenters. The van der Waals surface area contributed by atoms with E-state index in [0.717, 1.165) is 0 Å². The number of halogens is 3. The molecule has 90 valence electrons. The summed E-state index contributed by atoms with van der Waals surface area (Å²) in [7, 11) is 0. The molecule has 2 rings (SSSR count). The topological polar surface area (TPSA) is 46.6 Å². The van der Waals surface area contributed by atoms with Crippen molar-refractivity contribution in [2.75, 3.05) is 11.6 Å². The summed E-state index contributed by atoms with van der Waals surface area (Å²) in [5.41, 5.74) is 0.401. The molecule has 7 heteroatoms. The highest BCUT2D eigenvalue weighted by atomic mass is 19.4. The van der Waals surface area contributed by atoms with Crippen LogP contribution in [-0.2, 0) is 9.63 Å². The van der Waals surface area contributed by atoms with Gasteiger partial charge in [-0.25, -0.2) is 4.79 Å². The van der Waals surface area contributed by atoms with Gasteiger partial charge in [-0.1, -0.05) is 12.1 Å². The summed E-state index contributed by atoms with van der Waals surface area (Å²) in [5.74, 6) is -2.74. The molecule has 0 amide bonds. The van der Waals surface area contributed by atoms with E-state index in [1.807, 2.05) is 0 Å². The first kappa shape index (κ1) is 11.4. The van der Waals surface area contributed by atoms with Crippen LogP contribution in [-0.4, -0.2) is 24.5 Å². The second kappa shape index (κ2) is 3.76. The molecule has 0 unspecified atom stereocenters. The van der Waals surface area contributed by atoms with E-state index in [-0.39, 0.29) is 11.3 Å². The molecule has 0 bridgehead atoms. The first-order chi connectivity index (χ1) is 7.89. The van der Waals surface area contributed by atoms with Crippen LogP contribution in [0.25, 0.3) is 0 Å². The predicted octanol–water partition coefficient (Wildman–Crippen LogP) is 1.71. The number of benzene rings is 1. The van der Waals surface area contributed by atoms with E-state index < -0.39 is 24.5 Å². The zero-order valence-corrected chi connectivity index (χ0v) is 8.32. The number of ketones is 1.